The van der Waals surface area contributed by atoms with E-state index in [1.807, 2.05) is 0 Å². The normalized spacial score (nSPS) is 13.4. The average molecular weight is 976 g/mol. The summed E-state index contributed by atoms with van der Waals surface area (Å²) in [6.07, 6.45) is 26.9. The van der Waals surface area contributed by atoms with Crippen LogP contribution in [-0.2, 0) is 12.8 Å². The first-order chi connectivity index (χ1) is 32.3. The molecule has 1 aliphatic heterocycles. The van der Waals surface area contributed by atoms with Crippen LogP contribution in [0, 0.1) is 69.4 Å². The number of nitriles is 4. The number of fused-ring (bicyclic) bond motifs is 3. The van der Waals surface area contributed by atoms with Crippen molar-refractivity contribution in [3.8, 4) is 24.3 Å². The summed E-state index contributed by atoms with van der Waals surface area (Å²) in [6, 6.07) is 12.8. The highest BCUT2D eigenvalue weighted by Crippen LogP contribution is 2.39. The molecule has 6 heterocycles. The van der Waals surface area contributed by atoms with Gasteiger partial charge in [-0.05, 0) is 56.6 Å². The van der Waals surface area contributed by atoms with Crippen molar-refractivity contribution in [2.24, 2.45) is 5.92 Å². The number of imide groups is 1. The second kappa shape index (κ2) is 25.8. The largest absolute Gasteiger partial charge is 0.274 e. The van der Waals surface area contributed by atoms with Crippen LogP contribution in [0.1, 0.15) is 199 Å². The molecule has 0 saturated heterocycles. The van der Waals surface area contributed by atoms with Crippen LogP contribution in [0.4, 0.5) is 0 Å². The van der Waals surface area contributed by atoms with E-state index >= 15 is 9.59 Å². The molecule has 0 radical (unpaired) electrons. The number of hydrogen-bond acceptors (Lipinski definition) is 11. The van der Waals surface area contributed by atoms with E-state index in [0.29, 0.717) is 35.8 Å². The van der Waals surface area contributed by atoms with Gasteiger partial charge in [0.05, 0.1) is 47.7 Å². The van der Waals surface area contributed by atoms with Gasteiger partial charge in [0.2, 0.25) is 0 Å². The molecular weight excluding hydrogens is 911 g/mol. The molecule has 0 saturated carbocycles. The number of amides is 2. The fourth-order valence-electron chi connectivity index (χ4n) is 9.29. The number of carbonyl (C=O) groups excluding carboxylic acids is 2. The van der Waals surface area contributed by atoms with E-state index in [0.717, 1.165) is 132 Å². The van der Waals surface area contributed by atoms with Gasteiger partial charge in [-0.25, -0.2) is 0 Å². The predicted molar refractivity (Wildman–Crippen MR) is 278 cm³/mol. The highest BCUT2D eigenvalue weighted by Gasteiger charge is 2.40. The number of carbonyl (C=O) groups is 2. The van der Waals surface area contributed by atoms with Crippen LogP contribution in [0.5, 0.6) is 0 Å². The lowest BCUT2D eigenvalue weighted by Crippen LogP contribution is -2.35. The summed E-state index contributed by atoms with van der Waals surface area (Å²) in [6.45, 7) is 9.24. The van der Waals surface area contributed by atoms with E-state index in [2.05, 4.69) is 64.1 Å². The van der Waals surface area contributed by atoms with Crippen LogP contribution < -0.4 is 9.06 Å². The van der Waals surface area contributed by atoms with Gasteiger partial charge in [0.1, 0.15) is 35.4 Å². The lowest BCUT2D eigenvalue weighted by Gasteiger charge is -2.23. The van der Waals surface area contributed by atoms with Crippen molar-refractivity contribution in [1.82, 2.24) is 4.90 Å². The highest BCUT2D eigenvalue weighted by atomic mass is 32.1. The molecule has 0 aliphatic carbocycles. The molecule has 0 atom stereocenters. The third-order valence-electron chi connectivity index (χ3n) is 12.9. The summed E-state index contributed by atoms with van der Waals surface area (Å²) < 4.78 is 6.11. The highest BCUT2D eigenvalue weighted by molar-refractivity contribution is 7.24. The van der Waals surface area contributed by atoms with Crippen LogP contribution in [-0.4, -0.2) is 23.3 Å². The minimum atomic E-state index is -0.273. The van der Waals surface area contributed by atoms with E-state index in [1.165, 1.54) is 100 Å². The maximum absolute atomic E-state index is 15.2. The summed E-state index contributed by atoms with van der Waals surface area (Å²) in [5.41, 5.74) is 0.902. The molecule has 348 valence electrons. The molecule has 0 aromatic carbocycles. The lowest BCUT2D eigenvalue weighted by atomic mass is 9.93. The zero-order valence-electron chi connectivity index (χ0n) is 39.5. The Morgan fingerprint density at radius 2 is 0.848 bits per heavy atom. The number of aryl methyl sites for hydroxylation is 2. The fourth-order valence-corrected chi connectivity index (χ4v) is 16.2. The minimum Gasteiger partial charge on any atom is -0.274 e. The fraction of sp³-hybridized carbons (Fsp3) is 0.556. The van der Waals surface area contributed by atoms with Gasteiger partial charge >= 0.3 is 0 Å². The second-order valence-electron chi connectivity index (χ2n) is 18.0. The van der Waals surface area contributed by atoms with Gasteiger partial charge < -0.3 is 0 Å². The molecule has 5 aromatic heterocycles. The maximum atomic E-state index is 15.2. The van der Waals surface area contributed by atoms with Crippen LogP contribution >= 0.6 is 56.7 Å². The first-order valence-electron chi connectivity index (χ1n) is 24.8. The molecule has 7 nitrogen and oxygen atoms in total. The van der Waals surface area contributed by atoms with Crippen molar-refractivity contribution in [1.29, 1.82) is 21.0 Å². The first-order valence-corrected chi connectivity index (χ1v) is 28.9. The van der Waals surface area contributed by atoms with Gasteiger partial charge in [-0.2, -0.15) is 21.0 Å². The molecule has 0 unspecified atom stereocenters. The van der Waals surface area contributed by atoms with E-state index in [4.69, 9.17) is 0 Å². The number of nitrogens with zero attached hydrogens (tertiary/aromatic N) is 5. The molecular formula is C54H65N5O2S5. The van der Waals surface area contributed by atoms with E-state index < -0.39 is 0 Å². The number of unbranched alkanes of at least 4 members (excludes halogenated alkanes) is 16. The van der Waals surface area contributed by atoms with Crippen LogP contribution in [0.2, 0.25) is 0 Å². The van der Waals surface area contributed by atoms with Gasteiger partial charge in [0, 0.05) is 27.1 Å². The van der Waals surface area contributed by atoms with Crippen LogP contribution in [0.15, 0.2) is 12.1 Å². The summed E-state index contributed by atoms with van der Waals surface area (Å²) in [5.74, 6) is -0.351. The van der Waals surface area contributed by atoms with Gasteiger partial charge in [-0.3, -0.25) is 14.5 Å². The Morgan fingerprint density at radius 3 is 1.23 bits per heavy atom. The standard InChI is InChI=1S/C54H65N5O2S5/c1-5-9-13-17-19-21-25-36(26-22-20-18-14-10-6-2)35-59-53(60)43-44(54(59)61)50(52-48-42(46(65-52)38(33-57)34-58)30-40(63-48)28-24-16-12-8-4)66-49(43)51-47-41(45(64-51)37(31-55)32-56)29-39(62-47)27-23-15-11-7-3/h29-30,36H,5-28,35H2,1-4H3/b51-49-,52-50+. The molecule has 0 fully saturated rings. The van der Waals surface area contributed by atoms with Crippen molar-refractivity contribution in [2.45, 2.75) is 182 Å². The van der Waals surface area contributed by atoms with Gasteiger partial charge in [0.25, 0.3) is 11.8 Å². The average Bonchev–Trinajstić information content (AvgIpc) is 4.18. The molecule has 6 rings (SSSR count). The lowest BCUT2D eigenvalue weighted by molar-refractivity contribution is 0.0621. The third-order valence-corrected chi connectivity index (χ3v) is 19.6. The Hall–Kier alpha value is -4.14. The monoisotopic (exact) mass is 975 g/mol. The molecule has 0 spiro atoms. The topological polar surface area (TPSA) is 133 Å². The number of rotatable bonds is 26. The molecule has 12 heteroatoms. The second-order valence-corrected chi connectivity index (χ2v) is 23.3. The number of hydrogen-bond donors (Lipinski definition) is 0. The smallest absolute Gasteiger partial charge is 0.263 e. The molecule has 1 aliphatic rings. The Bertz CT molecular complexity index is 2760. The summed E-state index contributed by atoms with van der Waals surface area (Å²) in [7, 11) is 0. The number of thiophene rings is 5. The maximum Gasteiger partial charge on any atom is 0.263 e. The van der Waals surface area contributed by atoms with Gasteiger partial charge in [-0.1, -0.05) is 143 Å². The summed E-state index contributed by atoms with van der Waals surface area (Å²) in [4.78, 5) is 34.4. The molecule has 0 N–H and O–H groups in total. The van der Waals surface area contributed by atoms with Gasteiger partial charge in [-0.15, -0.1) is 56.7 Å². The zero-order chi connectivity index (χ0) is 47.0. The van der Waals surface area contributed by atoms with Crippen molar-refractivity contribution in [2.75, 3.05) is 6.54 Å². The molecule has 0 bridgehead atoms. The molecule has 5 aromatic rings. The van der Waals surface area contributed by atoms with Crippen molar-refractivity contribution in [3.05, 3.63) is 60.2 Å². The Morgan fingerprint density at radius 1 is 0.485 bits per heavy atom. The van der Waals surface area contributed by atoms with Crippen molar-refractivity contribution in [3.63, 3.8) is 0 Å². The van der Waals surface area contributed by atoms with Crippen molar-refractivity contribution >= 4 is 99.8 Å². The zero-order valence-corrected chi connectivity index (χ0v) is 43.6. The SMILES string of the molecule is CCCCCCCCC(CCCCCCCC)CN1C(=O)c2c(/c(=c3\sc(=C(C#N)C#N)c4cc(CCCCCC)sc34)s/c2=c2\sc(=C(C#N)C#N)c3cc(CCCCCC)sc23)C1=O. The molecule has 2 amide bonds. The van der Waals surface area contributed by atoms with Crippen LogP contribution in [0.25, 0.3) is 31.3 Å². The van der Waals surface area contributed by atoms with Gasteiger partial charge in [0.15, 0.2) is 0 Å². The summed E-state index contributed by atoms with van der Waals surface area (Å²) >= 11 is 7.51. The minimum absolute atomic E-state index is 0.0435. The van der Waals surface area contributed by atoms with E-state index in [-0.39, 0.29) is 28.9 Å². The summed E-state index contributed by atoms with van der Waals surface area (Å²) in [5, 5.41) is 42.4. The van der Waals surface area contributed by atoms with Crippen molar-refractivity contribution < 1.29 is 9.59 Å². The van der Waals surface area contributed by atoms with E-state index in [9.17, 15) is 21.0 Å². The molecule has 66 heavy (non-hydrogen) atoms. The third kappa shape index (κ3) is 11.9. The quantitative estimate of drug-likeness (QED) is 0.0400. The first kappa shape index (κ1) is 51.3. The van der Waals surface area contributed by atoms with E-state index in [1.54, 1.807) is 22.7 Å². The Kier molecular flexibility index (Phi) is 20.1. The Labute approximate surface area is 411 Å². The Balaban J connectivity index is 1.61. The van der Waals surface area contributed by atoms with Crippen LogP contribution in [0.3, 0.4) is 0 Å². The predicted octanol–water partition coefficient (Wildman–Crippen LogP) is 15.2.